The molecular formula is C12H16N4. The molecule has 1 aromatic heterocycles. The Hall–Kier alpha value is -1.84. The molecule has 4 heteroatoms. The molecule has 0 aliphatic rings. The minimum absolute atomic E-state index is 0.576. The molecule has 0 saturated carbocycles. The van der Waals surface area contributed by atoms with Crippen molar-refractivity contribution in [3.8, 4) is 11.4 Å². The van der Waals surface area contributed by atoms with Crippen molar-refractivity contribution < 1.29 is 0 Å². The van der Waals surface area contributed by atoms with Gasteiger partial charge in [-0.25, -0.2) is 4.98 Å². The van der Waals surface area contributed by atoms with Crippen LogP contribution in [0.25, 0.3) is 11.4 Å². The lowest BCUT2D eigenvalue weighted by Gasteiger charge is -1.98. The van der Waals surface area contributed by atoms with Crippen molar-refractivity contribution in [3.05, 3.63) is 30.1 Å². The second-order valence-corrected chi connectivity index (χ2v) is 4.33. The van der Waals surface area contributed by atoms with Gasteiger partial charge in [0.2, 0.25) is 0 Å². The number of hydrogen-bond donors (Lipinski definition) is 2. The zero-order chi connectivity index (χ0) is 11.5. The average molecular weight is 216 g/mol. The highest BCUT2D eigenvalue weighted by molar-refractivity contribution is 5.58. The van der Waals surface area contributed by atoms with E-state index in [4.69, 9.17) is 5.73 Å². The lowest BCUT2D eigenvalue weighted by atomic mass is 10.1. The highest BCUT2D eigenvalue weighted by Gasteiger charge is 2.06. The van der Waals surface area contributed by atoms with Crippen LogP contribution in [-0.2, 0) is 6.42 Å². The zero-order valence-corrected chi connectivity index (χ0v) is 9.57. The minimum Gasteiger partial charge on any atom is -0.399 e. The fourth-order valence-electron chi connectivity index (χ4n) is 1.53. The number of benzene rings is 1. The fourth-order valence-corrected chi connectivity index (χ4v) is 1.53. The van der Waals surface area contributed by atoms with Crippen molar-refractivity contribution in [2.45, 2.75) is 20.3 Å². The molecule has 1 aromatic carbocycles. The number of aromatic amines is 1. The molecule has 2 aromatic rings. The first-order valence-electron chi connectivity index (χ1n) is 5.42. The van der Waals surface area contributed by atoms with Gasteiger partial charge < -0.3 is 5.73 Å². The summed E-state index contributed by atoms with van der Waals surface area (Å²) in [5.74, 6) is 2.24. The topological polar surface area (TPSA) is 67.6 Å². The number of nitrogens with one attached hydrogen (secondary N) is 1. The predicted octanol–water partition coefficient (Wildman–Crippen LogP) is 2.25. The van der Waals surface area contributed by atoms with E-state index in [0.717, 1.165) is 29.3 Å². The normalized spacial score (nSPS) is 10.9. The summed E-state index contributed by atoms with van der Waals surface area (Å²) < 4.78 is 0. The number of nitrogens with two attached hydrogens (primary N) is 1. The smallest absolute Gasteiger partial charge is 0.181 e. The van der Waals surface area contributed by atoms with Gasteiger partial charge in [-0.1, -0.05) is 13.8 Å². The Morgan fingerprint density at radius 2 is 1.94 bits per heavy atom. The van der Waals surface area contributed by atoms with Gasteiger partial charge in [0, 0.05) is 17.7 Å². The van der Waals surface area contributed by atoms with E-state index in [1.54, 1.807) is 0 Å². The van der Waals surface area contributed by atoms with Crippen molar-refractivity contribution >= 4 is 5.69 Å². The standard InChI is InChI=1S/C12H16N4/c1-8(2)7-11-14-12(16-15-11)9-3-5-10(13)6-4-9/h3-6,8H,7,13H2,1-2H3,(H,14,15,16). The summed E-state index contributed by atoms with van der Waals surface area (Å²) in [4.78, 5) is 4.44. The molecule has 0 atom stereocenters. The first-order chi connectivity index (χ1) is 7.65. The second-order valence-electron chi connectivity index (χ2n) is 4.33. The molecular weight excluding hydrogens is 200 g/mol. The van der Waals surface area contributed by atoms with Crippen LogP contribution in [0, 0.1) is 5.92 Å². The Morgan fingerprint density at radius 1 is 1.25 bits per heavy atom. The molecule has 3 N–H and O–H groups in total. The summed E-state index contributed by atoms with van der Waals surface area (Å²) in [7, 11) is 0. The average Bonchev–Trinajstić information content (AvgIpc) is 2.66. The molecule has 84 valence electrons. The minimum atomic E-state index is 0.576. The molecule has 0 unspecified atom stereocenters. The van der Waals surface area contributed by atoms with Crippen LogP contribution < -0.4 is 5.73 Å². The SMILES string of the molecule is CC(C)Cc1nc(-c2ccc(N)cc2)n[nH]1. The summed E-state index contributed by atoms with van der Waals surface area (Å²) in [6, 6.07) is 7.57. The number of H-pyrrole nitrogens is 1. The van der Waals surface area contributed by atoms with Gasteiger partial charge in [0.15, 0.2) is 5.82 Å². The van der Waals surface area contributed by atoms with E-state index >= 15 is 0 Å². The maximum Gasteiger partial charge on any atom is 0.181 e. The van der Waals surface area contributed by atoms with E-state index in [0.29, 0.717) is 5.92 Å². The molecule has 2 rings (SSSR count). The number of nitrogens with zero attached hydrogens (tertiary/aromatic N) is 2. The molecule has 4 nitrogen and oxygen atoms in total. The molecule has 0 amide bonds. The van der Waals surface area contributed by atoms with E-state index < -0.39 is 0 Å². The Labute approximate surface area is 94.9 Å². The lowest BCUT2D eigenvalue weighted by molar-refractivity contribution is 0.622. The lowest BCUT2D eigenvalue weighted by Crippen LogP contribution is -1.95. The van der Waals surface area contributed by atoms with Gasteiger partial charge in [-0.15, -0.1) is 0 Å². The Bertz CT molecular complexity index is 456. The van der Waals surface area contributed by atoms with Crippen LogP contribution in [0.2, 0.25) is 0 Å². The van der Waals surface area contributed by atoms with Crippen LogP contribution in [0.1, 0.15) is 19.7 Å². The summed E-state index contributed by atoms with van der Waals surface area (Å²) in [5, 5.41) is 7.15. The molecule has 16 heavy (non-hydrogen) atoms. The number of nitrogen functional groups attached to an aromatic ring is 1. The molecule has 0 fully saturated rings. The van der Waals surface area contributed by atoms with E-state index in [1.807, 2.05) is 24.3 Å². The Morgan fingerprint density at radius 3 is 2.56 bits per heavy atom. The van der Waals surface area contributed by atoms with Crippen molar-refractivity contribution in [1.29, 1.82) is 0 Å². The van der Waals surface area contributed by atoms with Crippen LogP contribution in [0.3, 0.4) is 0 Å². The fraction of sp³-hybridized carbons (Fsp3) is 0.333. The van der Waals surface area contributed by atoms with Crippen LogP contribution in [0.4, 0.5) is 5.69 Å². The maximum atomic E-state index is 5.63. The Kier molecular flexibility index (Phi) is 2.90. The van der Waals surface area contributed by atoms with Gasteiger partial charge in [0.1, 0.15) is 5.82 Å². The molecule has 1 heterocycles. The van der Waals surface area contributed by atoms with Crippen LogP contribution >= 0.6 is 0 Å². The number of hydrogen-bond acceptors (Lipinski definition) is 3. The second kappa shape index (κ2) is 4.35. The highest BCUT2D eigenvalue weighted by atomic mass is 15.2. The van der Waals surface area contributed by atoms with Gasteiger partial charge in [-0.2, -0.15) is 5.10 Å². The van der Waals surface area contributed by atoms with Gasteiger partial charge in [-0.3, -0.25) is 5.10 Å². The van der Waals surface area contributed by atoms with E-state index in [9.17, 15) is 0 Å². The van der Waals surface area contributed by atoms with Crippen molar-refractivity contribution in [2.75, 3.05) is 5.73 Å². The van der Waals surface area contributed by atoms with Gasteiger partial charge in [0.05, 0.1) is 0 Å². The molecule has 0 aliphatic carbocycles. The summed E-state index contributed by atoms with van der Waals surface area (Å²) in [6.07, 6.45) is 0.919. The number of rotatable bonds is 3. The van der Waals surface area contributed by atoms with Crippen molar-refractivity contribution in [3.63, 3.8) is 0 Å². The third-order valence-corrected chi connectivity index (χ3v) is 2.30. The molecule has 0 aliphatic heterocycles. The largest absolute Gasteiger partial charge is 0.399 e. The van der Waals surface area contributed by atoms with Gasteiger partial charge in [0.25, 0.3) is 0 Å². The van der Waals surface area contributed by atoms with Crippen LogP contribution in [0.5, 0.6) is 0 Å². The van der Waals surface area contributed by atoms with Gasteiger partial charge >= 0.3 is 0 Å². The summed E-state index contributed by atoms with van der Waals surface area (Å²) in [6.45, 7) is 4.32. The molecule has 0 saturated heterocycles. The number of anilines is 1. The third kappa shape index (κ3) is 2.39. The van der Waals surface area contributed by atoms with E-state index in [2.05, 4.69) is 29.0 Å². The predicted molar refractivity (Wildman–Crippen MR) is 64.8 cm³/mol. The van der Waals surface area contributed by atoms with Crippen molar-refractivity contribution in [1.82, 2.24) is 15.2 Å². The summed E-state index contributed by atoms with van der Waals surface area (Å²) in [5.41, 5.74) is 7.37. The summed E-state index contributed by atoms with van der Waals surface area (Å²) >= 11 is 0. The molecule has 0 spiro atoms. The van der Waals surface area contributed by atoms with Crippen LogP contribution in [-0.4, -0.2) is 15.2 Å². The van der Waals surface area contributed by atoms with Gasteiger partial charge in [-0.05, 0) is 30.2 Å². The monoisotopic (exact) mass is 216 g/mol. The molecule has 0 radical (unpaired) electrons. The maximum absolute atomic E-state index is 5.63. The third-order valence-electron chi connectivity index (χ3n) is 2.30. The van der Waals surface area contributed by atoms with Crippen molar-refractivity contribution in [2.24, 2.45) is 5.92 Å². The first-order valence-corrected chi connectivity index (χ1v) is 5.42. The van der Waals surface area contributed by atoms with Crippen LogP contribution in [0.15, 0.2) is 24.3 Å². The first kappa shape index (κ1) is 10.7. The molecule has 0 bridgehead atoms. The Balaban J connectivity index is 2.21. The van der Waals surface area contributed by atoms with E-state index in [-0.39, 0.29) is 0 Å². The van der Waals surface area contributed by atoms with E-state index in [1.165, 1.54) is 0 Å². The highest BCUT2D eigenvalue weighted by Crippen LogP contribution is 2.16. The number of aromatic nitrogens is 3. The zero-order valence-electron chi connectivity index (χ0n) is 9.57. The quantitative estimate of drug-likeness (QED) is 0.773.